The zero-order valence-corrected chi connectivity index (χ0v) is 18.4. The molecule has 3 rings (SSSR count). The smallest absolute Gasteiger partial charge is 0.374 e. The van der Waals surface area contributed by atoms with Gasteiger partial charge in [0.15, 0.2) is 0 Å². The number of carbonyl (C=O) groups is 2. The number of oxime groups is 1. The average molecular weight is 572 g/mol. The van der Waals surface area contributed by atoms with E-state index in [1.807, 2.05) is 27.9 Å². The molecule has 1 aliphatic heterocycles. The third-order valence-corrected chi connectivity index (χ3v) is 5.63. The summed E-state index contributed by atoms with van der Waals surface area (Å²) in [5, 5.41) is 5.63. The number of nitrogens with one attached hydrogen (secondary N) is 1. The van der Waals surface area contributed by atoms with Crippen molar-refractivity contribution in [1.29, 1.82) is 0 Å². The highest BCUT2D eigenvalue weighted by atomic mass is 127. The summed E-state index contributed by atoms with van der Waals surface area (Å²) in [5.74, 6) is -0.735. The molecule has 0 saturated carbocycles. The number of nitrogens with zero attached hydrogens (tertiary/aromatic N) is 1. The van der Waals surface area contributed by atoms with E-state index in [1.54, 1.807) is 0 Å². The maximum atomic E-state index is 14.0. The van der Waals surface area contributed by atoms with Crippen molar-refractivity contribution in [2.45, 2.75) is 18.2 Å². The molecule has 30 heavy (non-hydrogen) atoms. The van der Waals surface area contributed by atoms with Crippen LogP contribution < -0.4 is 11.1 Å². The summed E-state index contributed by atoms with van der Waals surface area (Å²) in [5.41, 5.74) is 2.34. The van der Waals surface area contributed by atoms with Gasteiger partial charge in [-0.2, -0.15) is 13.2 Å². The van der Waals surface area contributed by atoms with Crippen molar-refractivity contribution in [1.82, 2.24) is 5.32 Å². The van der Waals surface area contributed by atoms with Gasteiger partial charge in [-0.05, 0) is 52.9 Å². The minimum Gasteiger partial charge on any atom is -0.374 e. The van der Waals surface area contributed by atoms with Crippen LogP contribution in [-0.4, -0.2) is 23.8 Å². The first kappa shape index (κ1) is 22.6. The van der Waals surface area contributed by atoms with Crippen LogP contribution in [0.3, 0.4) is 0 Å². The monoisotopic (exact) mass is 571 g/mol. The second-order valence-corrected chi connectivity index (χ2v) is 8.34. The summed E-state index contributed by atoms with van der Waals surface area (Å²) in [6.45, 7) is 0. The van der Waals surface area contributed by atoms with Crippen molar-refractivity contribution in [2.24, 2.45) is 10.9 Å². The molecule has 1 unspecified atom stereocenters. The molecule has 2 aromatic rings. The lowest BCUT2D eigenvalue weighted by molar-refractivity contribution is -0.275. The van der Waals surface area contributed by atoms with Crippen LogP contribution in [0.2, 0.25) is 10.0 Å². The van der Waals surface area contributed by atoms with Crippen LogP contribution in [0, 0.1) is 3.57 Å². The Morgan fingerprint density at radius 3 is 2.33 bits per heavy atom. The Labute approximate surface area is 191 Å². The quantitative estimate of drug-likeness (QED) is 0.508. The second-order valence-electron chi connectivity index (χ2n) is 6.30. The first-order valence-corrected chi connectivity index (χ1v) is 9.95. The number of hydrogen-bond donors (Lipinski definition) is 2. The summed E-state index contributed by atoms with van der Waals surface area (Å²) in [4.78, 5) is 27.7. The summed E-state index contributed by atoms with van der Waals surface area (Å²) in [7, 11) is 0. The Bertz CT molecular complexity index is 1060. The zero-order chi connectivity index (χ0) is 22.3. The molecule has 6 nitrogen and oxygen atoms in total. The lowest BCUT2D eigenvalue weighted by Crippen LogP contribution is -2.42. The molecule has 1 aliphatic rings. The van der Waals surface area contributed by atoms with Crippen LogP contribution in [0.1, 0.15) is 27.9 Å². The van der Waals surface area contributed by atoms with Gasteiger partial charge < -0.3 is 10.6 Å². The van der Waals surface area contributed by atoms with E-state index >= 15 is 0 Å². The molecule has 0 saturated heterocycles. The Kier molecular flexibility index (Phi) is 6.21. The van der Waals surface area contributed by atoms with Gasteiger partial charge >= 0.3 is 12.2 Å². The van der Waals surface area contributed by atoms with Gasteiger partial charge in [0.2, 0.25) is 0 Å². The number of hydrogen-bond acceptors (Lipinski definition) is 4. The fraction of sp³-hybridized carbons (Fsp3) is 0.167. The van der Waals surface area contributed by atoms with Crippen molar-refractivity contribution >= 4 is 63.4 Å². The minimum absolute atomic E-state index is 0.0169. The van der Waals surface area contributed by atoms with Crippen LogP contribution >= 0.6 is 45.8 Å². The summed E-state index contributed by atoms with van der Waals surface area (Å²) in [6, 6.07) is 6.74. The number of benzene rings is 2. The lowest BCUT2D eigenvalue weighted by atomic mass is 9.86. The Balaban J connectivity index is 1.96. The number of primary amides is 1. The normalized spacial score (nSPS) is 18.5. The third kappa shape index (κ3) is 4.35. The molecule has 0 aromatic heterocycles. The molecular weight excluding hydrogens is 561 g/mol. The molecule has 0 spiro atoms. The standard InChI is InChI=1S/C18H11Cl2F3IN3O3/c19-10-4-9(5-11(20)6-10)17(18(21,22)23)7-14(27-30-17)8-1-2-12(13(24)3-8)15(28)26-16(25)29/h1-6H,7H2,(H3,25,26,28,29). The molecule has 0 radical (unpaired) electrons. The van der Waals surface area contributed by atoms with E-state index in [0.29, 0.717) is 9.13 Å². The van der Waals surface area contributed by atoms with Gasteiger partial charge in [-0.25, -0.2) is 4.79 Å². The summed E-state index contributed by atoms with van der Waals surface area (Å²) in [6.07, 6.45) is -5.45. The molecule has 158 valence electrons. The van der Waals surface area contributed by atoms with E-state index in [1.165, 1.54) is 24.3 Å². The van der Waals surface area contributed by atoms with E-state index in [4.69, 9.17) is 33.8 Å². The minimum atomic E-state index is -4.82. The number of carbonyl (C=O) groups excluding carboxylic acids is 2. The summed E-state index contributed by atoms with van der Waals surface area (Å²) >= 11 is 13.6. The number of urea groups is 1. The largest absolute Gasteiger partial charge is 0.435 e. The van der Waals surface area contributed by atoms with Gasteiger partial charge in [-0.1, -0.05) is 34.4 Å². The van der Waals surface area contributed by atoms with Crippen LogP contribution in [0.25, 0.3) is 0 Å². The second kappa shape index (κ2) is 8.23. The number of halogens is 6. The maximum Gasteiger partial charge on any atom is 0.435 e. The molecule has 3 N–H and O–H groups in total. The first-order chi connectivity index (χ1) is 13.9. The Morgan fingerprint density at radius 1 is 1.17 bits per heavy atom. The molecule has 3 amide bonds. The number of imide groups is 1. The molecule has 0 bridgehead atoms. The van der Waals surface area contributed by atoms with Gasteiger partial charge in [0.25, 0.3) is 11.5 Å². The van der Waals surface area contributed by atoms with Gasteiger partial charge in [0, 0.05) is 31.2 Å². The Morgan fingerprint density at radius 2 is 1.80 bits per heavy atom. The first-order valence-electron chi connectivity index (χ1n) is 8.12. The highest BCUT2D eigenvalue weighted by Gasteiger charge is 2.62. The van der Waals surface area contributed by atoms with Crippen LogP contribution in [0.15, 0.2) is 41.6 Å². The van der Waals surface area contributed by atoms with Crippen molar-refractivity contribution < 1.29 is 27.6 Å². The van der Waals surface area contributed by atoms with Crippen molar-refractivity contribution in [3.05, 3.63) is 66.7 Å². The fourth-order valence-corrected chi connectivity index (χ4v) is 4.19. The van der Waals surface area contributed by atoms with Gasteiger partial charge in [0.1, 0.15) is 0 Å². The fourth-order valence-electron chi connectivity index (χ4n) is 2.90. The van der Waals surface area contributed by atoms with Crippen LogP contribution in [0.4, 0.5) is 18.0 Å². The van der Waals surface area contributed by atoms with E-state index in [0.717, 1.165) is 12.1 Å². The van der Waals surface area contributed by atoms with Crippen LogP contribution in [0.5, 0.6) is 0 Å². The number of alkyl halides is 3. The average Bonchev–Trinajstić information content (AvgIpc) is 3.06. The third-order valence-electron chi connectivity index (χ3n) is 4.30. The summed E-state index contributed by atoms with van der Waals surface area (Å²) < 4.78 is 42.5. The van der Waals surface area contributed by atoms with Gasteiger partial charge in [-0.15, -0.1) is 0 Å². The number of nitrogens with two attached hydrogens (primary N) is 1. The molecule has 0 aliphatic carbocycles. The predicted octanol–water partition coefficient (Wildman–Crippen LogP) is 4.99. The van der Waals surface area contributed by atoms with E-state index < -0.39 is 30.1 Å². The molecule has 1 heterocycles. The van der Waals surface area contributed by atoms with Crippen molar-refractivity contribution in [2.75, 3.05) is 0 Å². The van der Waals surface area contributed by atoms with Gasteiger partial charge in [0.05, 0.1) is 11.3 Å². The lowest BCUT2D eigenvalue weighted by Gasteiger charge is -2.29. The van der Waals surface area contributed by atoms with E-state index in [9.17, 15) is 22.8 Å². The molecule has 2 aromatic carbocycles. The Hall–Kier alpha value is -2.05. The topological polar surface area (TPSA) is 93.8 Å². The molecular formula is C18H11Cl2F3IN3O3. The van der Waals surface area contributed by atoms with Crippen LogP contribution in [-0.2, 0) is 10.4 Å². The number of rotatable bonds is 3. The van der Waals surface area contributed by atoms with Crippen molar-refractivity contribution in [3.63, 3.8) is 0 Å². The molecule has 12 heteroatoms. The predicted molar refractivity (Wildman–Crippen MR) is 113 cm³/mol. The highest BCUT2D eigenvalue weighted by Crippen LogP contribution is 2.49. The maximum absolute atomic E-state index is 14.0. The molecule has 1 atom stereocenters. The molecule has 0 fully saturated rings. The van der Waals surface area contributed by atoms with Crippen molar-refractivity contribution in [3.8, 4) is 0 Å². The van der Waals surface area contributed by atoms with E-state index in [-0.39, 0.29) is 26.9 Å². The number of amides is 3. The van der Waals surface area contributed by atoms with E-state index in [2.05, 4.69) is 5.16 Å². The highest BCUT2D eigenvalue weighted by molar-refractivity contribution is 14.1. The SMILES string of the molecule is NC(=O)NC(=O)c1ccc(C2=NOC(c3cc(Cl)cc(Cl)c3)(C(F)(F)F)C2)cc1I. The zero-order valence-electron chi connectivity index (χ0n) is 14.7. The van der Waals surface area contributed by atoms with Gasteiger partial charge in [-0.3, -0.25) is 10.1 Å².